The third-order valence-corrected chi connectivity index (χ3v) is 4.81. The molecule has 1 atom stereocenters. The Bertz CT molecular complexity index is 874. The molecule has 2 heterocycles. The molecule has 6 nitrogen and oxygen atoms in total. The number of carbonyl (C=O) groups is 1. The van der Waals surface area contributed by atoms with E-state index in [1.54, 1.807) is 24.7 Å². The van der Waals surface area contributed by atoms with Gasteiger partial charge in [-0.3, -0.25) is 9.78 Å². The van der Waals surface area contributed by atoms with Gasteiger partial charge in [-0.25, -0.2) is 4.98 Å². The number of amides is 1. The molecule has 0 bridgehead atoms. The fourth-order valence-corrected chi connectivity index (χ4v) is 3.35. The number of aromatic nitrogens is 3. The van der Waals surface area contributed by atoms with Gasteiger partial charge in [0.05, 0.1) is 17.8 Å². The lowest BCUT2D eigenvalue weighted by atomic mass is 9.76. The molecule has 0 aliphatic heterocycles. The van der Waals surface area contributed by atoms with Crippen LogP contribution in [0.2, 0.25) is 0 Å². The van der Waals surface area contributed by atoms with Crippen LogP contribution in [0.5, 0.6) is 0 Å². The summed E-state index contributed by atoms with van der Waals surface area (Å²) >= 11 is 0. The minimum absolute atomic E-state index is 0.157. The highest BCUT2D eigenvalue weighted by atomic mass is 16.3. The quantitative estimate of drug-likeness (QED) is 0.661. The molecule has 0 saturated heterocycles. The van der Waals surface area contributed by atoms with E-state index in [0.717, 1.165) is 17.1 Å². The third kappa shape index (κ3) is 3.36. The van der Waals surface area contributed by atoms with Crippen LogP contribution < -0.4 is 5.32 Å². The maximum absolute atomic E-state index is 12.8. The van der Waals surface area contributed by atoms with Gasteiger partial charge >= 0.3 is 0 Å². The predicted molar refractivity (Wildman–Crippen MR) is 97.2 cm³/mol. The summed E-state index contributed by atoms with van der Waals surface area (Å²) in [5.41, 5.74) is 2.25. The summed E-state index contributed by atoms with van der Waals surface area (Å²) in [5.74, 6) is 0.760. The molecule has 1 saturated carbocycles. The average molecular weight is 348 g/mol. The number of rotatable bonds is 5. The average Bonchev–Trinajstić information content (AvgIpc) is 3.19. The summed E-state index contributed by atoms with van der Waals surface area (Å²) in [7, 11) is 0. The SMILES string of the molecule is O=C(NC(c1ccccn1)C1CC(O)C1)c1cccc(-c2ncc[nH]2)c1. The van der Waals surface area contributed by atoms with Crippen LogP contribution in [0.3, 0.4) is 0 Å². The van der Waals surface area contributed by atoms with Crippen molar-refractivity contribution in [3.05, 3.63) is 72.3 Å². The zero-order valence-electron chi connectivity index (χ0n) is 14.2. The van der Waals surface area contributed by atoms with E-state index in [0.29, 0.717) is 18.4 Å². The standard InChI is InChI=1S/C20H20N4O2/c25-16-11-15(12-16)18(17-6-1-2-7-21-17)24-20(26)14-5-3-4-13(10-14)19-22-8-9-23-19/h1-10,15-16,18,25H,11-12H2,(H,22,23)(H,24,26). The van der Waals surface area contributed by atoms with Crippen molar-refractivity contribution in [1.82, 2.24) is 20.3 Å². The molecule has 1 aromatic carbocycles. The van der Waals surface area contributed by atoms with Crippen molar-refractivity contribution in [1.29, 1.82) is 0 Å². The van der Waals surface area contributed by atoms with Crippen molar-refractivity contribution in [3.63, 3.8) is 0 Å². The minimum atomic E-state index is -0.287. The number of aromatic amines is 1. The molecule has 0 radical (unpaired) electrons. The molecule has 1 amide bonds. The number of hydrogen-bond acceptors (Lipinski definition) is 4. The molecule has 6 heteroatoms. The fourth-order valence-electron chi connectivity index (χ4n) is 3.35. The Morgan fingerprint density at radius 1 is 1.15 bits per heavy atom. The molecule has 1 aliphatic carbocycles. The van der Waals surface area contributed by atoms with E-state index in [1.165, 1.54) is 0 Å². The second-order valence-corrected chi connectivity index (χ2v) is 6.61. The van der Waals surface area contributed by atoms with E-state index in [1.807, 2.05) is 36.4 Å². The van der Waals surface area contributed by atoms with E-state index in [9.17, 15) is 9.90 Å². The number of hydrogen-bond donors (Lipinski definition) is 3. The number of carbonyl (C=O) groups excluding carboxylic acids is 1. The minimum Gasteiger partial charge on any atom is -0.393 e. The van der Waals surface area contributed by atoms with Crippen molar-refractivity contribution in [2.45, 2.75) is 25.0 Å². The van der Waals surface area contributed by atoms with E-state index in [4.69, 9.17) is 0 Å². The number of nitrogens with zero attached hydrogens (tertiary/aromatic N) is 2. The highest BCUT2D eigenvalue weighted by Gasteiger charge is 2.36. The van der Waals surface area contributed by atoms with Crippen LogP contribution in [-0.2, 0) is 0 Å². The number of H-pyrrole nitrogens is 1. The molecule has 3 N–H and O–H groups in total. The Hall–Kier alpha value is -2.99. The van der Waals surface area contributed by atoms with Gasteiger partial charge in [-0.2, -0.15) is 0 Å². The van der Waals surface area contributed by atoms with E-state index >= 15 is 0 Å². The summed E-state index contributed by atoms with van der Waals surface area (Å²) < 4.78 is 0. The Morgan fingerprint density at radius 2 is 2.04 bits per heavy atom. The van der Waals surface area contributed by atoms with Crippen molar-refractivity contribution in [3.8, 4) is 11.4 Å². The van der Waals surface area contributed by atoms with Gasteiger partial charge in [0, 0.05) is 29.7 Å². The summed E-state index contributed by atoms with van der Waals surface area (Å²) in [5, 5.41) is 12.8. The van der Waals surface area contributed by atoms with Gasteiger partial charge in [0.1, 0.15) is 5.82 Å². The lowest BCUT2D eigenvalue weighted by molar-refractivity contribution is 0.0228. The highest BCUT2D eigenvalue weighted by Crippen LogP contribution is 2.37. The van der Waals surface area contributed by atoms with Crippen molar-refractivity contribution in [2.24, 2.45) is 5.92 Å². The van der Waals surface area contributed by atoms with Crippen molar-refractivity contribution >= 4 is 5.91 Å². The molecule has 1 fully saturated rings. The van der Waals surface area contributed by atoms with Crippen molar-refractivity contribution in [2.75, 3.05) is 0 Å². The normalized spacial score (nSPS) is 20.2. The summed E-state index contributed by atoms with van der Waals surface area (Å²) in [6.07, 6.45) is 6.22. The molecule has 26 heavy (non-hydrogen) atoms. The molecule has 1 aliphatic rings. The number of benzene rings is 1. The summed E-state index contributed by atoms with van der Waals surface area (Å²) in [4.78, 5) is 24.5. The van der Waals surface area contributed by atoms with E-state index in [2.05, 4.69) is 20.3 Å². The summed E-state index contributed by atoms with van der Waals surface area (Å²) in [6, 6.07) is 12.8. The predicted octanol–water partition coefficient (Wildman–Crippen LogP) is 2.71. The van der Waals surface area contributed by atoms with Crippen LogP contribution >= 0.6 is 0 Å². The zero-order chi connectivity index (χ0) is 17.9. The first-order chi connectivity index (χ1) is 12.7. The first kappa shape index (κ1) is 16.5. The van der Waals surface area contributed by atoms with E-state index < -0.39 is 0 Å². The third-order valence-electron chi connectivity index (χ3n) is 4.81. The monoisotopic (exact) mass is 348 g/mol. The molecular formula is C20H20N4O2. The van der Waals surface area contributed by atoms with E-state index in [-0.39, 0.29) is 24.0 Å². The van der Waals surface area contributed by atoms with Gasteiger partial charge in [0.15, 0.2) is 0 Å². The maximum atomic E-state index is 12.8. The Balaban J connectivity index is 1.56. The highest BCUT2D eigenvalue weighted by molar-refractivity contribution is 5.95. The second-order valence-electron chi connectivity index (χ2n) is 6.61. The van der Waals surface area contributed by atoms with Crippen molar-refractivity contribution < 1.29 is 9.90 Å². The number of aliphatic hydroxyl groups is 1. The number of nitrogens with one attached hydrogen (secondary N) is 2. The molecule has 2 aromatic heterocycles. The molecular weight excluding hydrogens is 328 g/mol. The molecule has 0 spiro atoms. The largest absolute Gasteiger partial charge is 0.393 e. The number of aliphatic hydroxyl groups excluding tert-OH is 1. The second kappa shape index (κ2) is 7.09. The van der Waals surface area contributed by atoms with Gasteiger partial charge in [-0.05, 0) is 43.0 Å². The Kier molecular flexibility index (Phi) is 4.50. The first-order valence-corrected chi connectivity index (χ1v) is 8.70. The molecule has 132 valence electrons. The lowest BCUT2D eigenvalue weighted by Crippen LogP contribution is -2.41. The molecule has 4 rings (SSSR count). The zero-order valence-corrected chi connectivity index (χ0v) is 14.2. The Labute approximate surface area is 151 Å². The van der Waals surface area contributed by atoms with Crippen LogP contribution in [0.1, 0.15) is 34.9 Å². The number of imidazole rings is 1. The lowest BCUT2D eigenvalue weighted by Gasteiger charge is -2.37. The number of pyridine rings is 1. The van der Waals surface area contributed by atoms with Crippen LogP contribution in [0.15, 0.2) is 61.1 Å². The smallest absolute Gasteiger partial charge is 0.251 e. The summed E-state index contributed by atoms with van der Waals surface area (Å²) in [6.45, 7) is 0. The Morgan fingerprint density at radius 3 is 2.73 bits per heavy atom. The van der Waals surface area contributed by atoms with Gasteiger partial charge in [-0.1, -0.05) is 18.2 Å². The van der Waals surface area contributed by atoms with Crippen LogP contribution in [0.25, 0.3) is 11.4 Å². The topological polar surface area (TPSA) is 90.9 Å². The van der Waals surface area contributed by atoms with Gasteiger partial charge in [0.2, 0.25) is 0 Å². The van der Waals surface area contributed by atoms with Crippen LogP contribution in [-0.4, -0.2) is 32.1 Å². The van der Waals surface area contributed by atoms with Crippen LogP contribution in [0, 0.1) is 5.92 Å². The maximum Gasteiger partial charge on any atom is 0.251 e. The molecule has 1 unspecified atom stereocenters. The van der Waals surface area contributed by atoms with Gasteiger partial charge < -0.3 is 15.4 Å². The first-order valence-electron chi connectivity index (χ1n) is 8.70. The molecule has 3 aromatic rings. The van der Waals surface area contributed by atoms with Gasteiger partial charge in [-0.15, -0.1) is 0 Å². The van der Waals surface area contributed by atoms with Gasteiger partial charge in [0.25, 0.3) is 5.91 Å². The fraction of sp³-hybridized carbons (Fsp3) is 0.250. The van der Waals surface area contributed by atoms with Crippen LogP contribution in [0.4, 0.5) is 0 Å².